The smallest absolute Gasteiger partial charge is 0.326 e. The SMILES string of the molecule is Cc1ccc(F)c(C(=O)N(CC(F)(F)F)C(C)C2CC2)c1. The molecule has 1 unspecified atom stereocenters. The fraction of sp³-hybridized carbons (Fsp3) is 0.533. The van der Waals surface area contributed by atoms with E-state index < -0.39 is 30.5 Å². The Morgan fingerprint density at radius 2 is 2.00 bits per heavy atom. The molecule has 1 aliphatic rings. The summed E-state index contributed by atoms with van der Waals surface area (Å²) in [6, 6.07) is 3.33. The number of carbonyl (C=O) groups is 1. The number of aryl methyl sites for hydroxylation is 1. The van der Waals surface area contributed by atoms with Crippen molar-refractivity contribution in [3.63, 3.8) is 0 Å². The molecule has 0 N–H and O–H groups in total. The minimum absolute atomic E-state index is 0.0733. The topological polar surface area (TPSA) is 20.3 Å². The van der Waals surface area contributed by atoms with Gasteiger partial charge in [0.15, 0.2) is 0 Å². The van der Waals surface area contributed by atoms with Crippen molar-refractivity contribution >= 4 is 5.91 Å². The average molecular weight is 303 g/mol. The van der Waals surface area contributed by atoms with E-state index in [9.17, 15) is 22.4 Å². The number of halogens is 4. The molecule has 1 aromatic rings. The van der Waals surface area contributed by atoms with Crippen molar-refractivity contribution in [3.8, 4) is 0 Å². The first-order chi connectivity index (χ1) is 9.69. The van der Waals surface area contributed by atoms with Crippen LogP contribution in [0.1, 0.15) is 35.7 Å². The van der Waals surface area contributed by atoms with Gasteiger partial charge in [0, 0.05) is 6.04 Å². The van der Waals surface area contributed by atoms with Gasteiger partial charge in [-0.1, -0.05) is 11.6 Å². The van der Waals surface area contributed by atoms with Crippen LogP contribution in [-0.2, 0) is 0 Å². The van der Waals surface area contributed by atoms with Crippen molar-refractivity contribution < 1.29 is 22.4 Å². The summed E-state index contributed by atoms with van der Waals surface area (Å²) >= 11 is 0. The van der Waals surface area contributed by atoms with Gasteiger partial charge in [0.1, 0.15) is 12.4 Å². The van der Waals surface area contributed by atoms with Gasteiger partial charge in [-0.2, -0.15) is 13.2 Å². The fourth-order valence-electron chi connectivity index (χ4n) is 2.38. The van der Waals surface area contributed by atoms with E-state index in [1.54, 1.807) is 13.8 Å². The quantitative estimate of drug-likeness (QED) is 0.772. The summed E-state index contributed by atoms with van der Waals surface area (Å²) in [5.74, 6) is -1.61. The summed E-state index contributed by atoms with van der Waals surface area (Å²) in [5, 5.41) is 0. The summed E-state index contributed by atoms with van der Waals surface area (Å²) < 4.78 is 51.9. The summed E-state index contributed by atoms with van der Waals surface area (Å²) in [6.45, 7) is 1.90. The van der Waals surface area contributed by atoms with Gasteiger partial charge in [-0.25, -0.2) is 4.39 Å². The van der Waals surface area contributed by atoms with E-state index in [0.29, 0.717) is 5.56 Å². The summed E-state index contributed by atoms with van der Waals surface area (Å²) in [5.41, 5.74) is 0.331. The fourth-order valence-corrected chi connectivity index (χ4v) is 2.38. The molecule has 0 radical (unpaired) electrons. The second-order valence-electron chi connectivity index (χ2n) is 5.61. The zero-order valence-corrected chi connectivity index (χ0v) is 11.9. The van der Waals surface area contributed by atoms with E-state index in [1.165, 1.54) is 12.1 Å². The van der Waals surface area contributed by atoms with E-state index in [-0.39, 0.29) is 11.5 Å². The molecule has 1 amide bonds. The Balaban J connectivity index is 2.30. The molecule has 0 saturated heterocycles. The molecular formula is C15H17F4NO. The van der Waals surface area contributed by atoms with Crippen LogP contribution in [0.3, 0.4) is 0 Å². The maximum atomic E-state index is 13.8. The Morgan fingerprint density at radius 1 is 1.38 bits per heavy atom. The average Bonchev–Trinajstić information content (AvgIpc) is 3.20. The molecule has 0 aromatic heterocycles. The van der Waals surface area contributed by atoms with Gasteiger partial charge in [0.05, 0.1) is 5.56 Å². The first-order valence-corrected chi connectivity index (χ1v) is 6.83. The van der Waals surface area contributed by atoms with Crippen LogP contribution in [0.25, 0.3) is 0 Å². The highest BCUT2D eigenvalue weighted by Gasteiger charge is 2.41. The van der Waals surface area contributed by atoms with Gasteiger partial charge >= 0.3 is 6.18 Å². The predicted molar refractivity (Wildman–Crippen MR) is 70.4 cm³/mol. The second-order valence-corrected chi connectivity index (χ2v) is 5.61. The number of carbonyl (C=O) groups excluding carboxylic acids is 1. The maximum Gasteiger partial charge on any atom is 0.406 e. The van der Waals surface area contributed by atoms with Gasteiger partial charge < -0.3 is 4.90 Å². The molecule has 0 bridgehead atoms. The Bertz CT molecular complexity index is 537. The highest BCUT2D eigenvalue weighted by molar-refractivity contribution is 5.95. The van der Waals surface area contributed by atoms with Crippen molar-refractivity contribution in [2.45, 2.75) is 38.9 Å². The molecule has 1 saturated carbocycles. The molecular weight excluding hydrogens is 286 g/mol. The number of rotatable bonds is 4. The Hall–Kier alpha value is -1.59. The van der Waals surface area contributed by atoms with Crippen LogP contribution in [0.2, 0.25) is 0 Å². The van der Waals surface area contributed by atoms with Crippen molar-refractivity contribution in [1.29, 1.82) is 0 Å². The summed E-state index contributed by atoms with van der Waals surface area (Å²) in [6.07, 6.45) is -2.89. The number of nitrogens with zero attached hydrogens (tertiary/aromatic N) is 1. The molecule has 2 nitrogen and oxygen atoms in total. The van der Waals surface area contributed by atoms with Gasteiger partial charge in [-0.3, -0.25) is 4.79 Å². The van der Waals surface area contributed by atoms with Crippen molar-refractivity contribution in [3.05, 3.63) is 35.1 Å². The Kier molecular flexibility index (Phi) is 4.25. The van der Waals surface area contributed by atoms with Crippen molar-refractivity contribution in [2.75, 3.05) is 6.54 Å². The lowest BCUT2D eigenvalue weighted by Crippen LogP contribution is -2.45. The highest BCUT2D eigenvalue weighted by Crippen LogP contribution is 2.36. The number of benzene rings is 1. The predicted octanol–water partition coefficient (Wildman–Crippen LogP) is 3.94. The molecule has 1 atom stereocenters. The minimum atomic E-state index is -4.50. The van der Waals surface area contributed by atoms with E-state index in [0.717, 1.165) is 23.8 Å². The molecule has 6 heteroatoms. The monoisotopic (exact) mass is 303 g/mol. The first kappa shape index (κ1) is 15.8. The zero-order chi connectivity index (χ0) is 15.8. The summed E-state index contributed by atoms with van der Waals surface area (Å²) in [7, 11) is 0. The van der Waals surface area contributed by atoms with E-state index in [4.69, 9.17) is 0 Å². The largest absolute Gasteiger partial charge is 0.406 e. The standard InChI is InChI=1S/C15H17F4NO/c1-9-3-6-13(16)12(7-9)14(21)20(8-15(17,18)19)10(2)11-4-5-11/h3,6-7,10-11H,4-5,8H2,1-2H3. The van der Waals surface area contributed by atoms with E-state index in [1.807, 2.05) is 0 Å². The van der Waals surface area contributed by atoms with Crippen LogP contribution >= 0.6 is 0 Å². The Morgan fingerprint density at radius 3 is 2.52 bits per heavy atom. The van der Waals surface area contributed by atoms with Gasteiger partial charge in [-0.05, 0) is 44.7 Å². The van der Waals surface area contributed by atoms with Crippen LogP contribution in [0.5, 0.6) is 0 Å². The van der Waals surface area contributed by atoms with E-state index in [2.05, 4.69) is 0 Å². The van der Waals surface area contributed by atoms with Crippen LogP contribution in [0, 0.1) is 18.7 Å². The number of hydrogen-bond donors (Lipinski definition) is 0. The van der Waals surface area contributed by atoms with Crippen molar-refractivity contribution in [2.24, 2.45) is 5.92 Å². The molecule has 0 heterocycles. The van der Waals surface area contributed by atoms with Crippen LogP contribution in [0.4, 0.5) is 17.6 Å². The molecule has 0 aliphatic heterocycles. The molecule has 21 heavy (non-hydrogen) atoms. The normalized spacial score (nSPS) is 16.7. The third-order valence-electron chi connectivity index (χ3n) is 3.76. The van der Waals surface area contributed by atoms with Gasteiger partial charge in [0.25, 0.3) is 5.91 Å². The lowest BCUT2D eigenvalue weighted by Gasteiger charge is -2.30. The van der Waals surface area contributed by atoms with E-state index >= 15 is 0 Å². The van der Waals surface area contributed by atoms with Crippen LogP contribution < -0.4 is 0 Å². The number of hydrogen-bond acceptors (Lipinski definition) is 1. The molecule has 0 spiro atoms. The molecule has 2 rings (SSSR count). The Labute approximate surface area is 120 Å². The molecule has 1 fully saturated rings. The number of alkyl halides is 3. The van der Waals surface area contributed by atoms with Crippen LogP contribution in [-0.4, -0.2) is 29.6 Å². The second kappa shape index (κ2) is 5.66. The van der Waals surface area contributed by atoms with Crippen molar-refractivity contribution in [1.82, 2.24) is 4.90 Å². The van der Waals surface area contributed by atoms with Gasteiger partial charge in [-0.15, -0.1) is 0 Å². The first-order valence-electron chi connectivity index (χ1n) is 6.83. The maximum absolute atomic E-state index is 13.8. The highest BCUT2D eigenvalue weighted by atomic mass is 19.4. The molecule has 116 valence electrons. The number of amides is 1. The third-order valence-corrected chi connectivity index (χ3v) is 3.76. The van der Waals surface area contributed by atoms with Gasteiger partial charge in [0.2, 0.25) is 0 Å². The lowest BCUT2D eigenvalue weighted by molar-refractivity contribution is -0.144. The zero-order valence-electron chi connectivity index (χ0n) is 11.9. The lowest BCUT2D eigenvalue weighted by atomic mass is 10.1. The molecule has 1 aromatic carbocycles. The molecule has 1 aliphatic carbocycles. The summed E-state index contributed by atoms with van der Waals surface area (Å²) in [4.78, 5) is 13.1. The van der Waals surface area contributed by atoms with Crippen LogP contribution in [0.15, 0.2) is 18.2 Å². The third kappa shape index (κ3) is 3.95. The minimum Gasteiger partial charge on any atom is -0.326 e.